The molecule has 0 aromatic carbocycles. The van der Waals surface area contributed by atoms with Gasteiger partial charge < -0.3 is 0 Å². The van der Waals surface area contributed by atoms with Gasteiger partial charge in [-0.3, -0.25) is 14.8 Å². The highest BCUT2D eigenvalue weighted by molar-refractivity contribution is 7.19. The second-order valence-corrected chi connectivity index (χ2v) is 4.71. The van der Waals surface area contributed by atoms with Gasteiger partial charge in [-0.05, 0) is 0 Å². The lowest BCUT2D eigenvalue weighted by molar-refractivity contribution is -0.384. The highest BCUT2D eigenvalue weighted by atomic mass is 32.1. The maximum atomic E-state index is 12.7. The number of alkyl halides is 2. The smallest absolute Gasteiger partial charge is 0.268 e. The maximum Gasteiger partial charge on any atom is 0.317 e. The summed E-state index contributed by atoms with van der Waals surface area (Å²) in [4.78, 5) is 10.4. The van der Waals surface area contributed by atoms with Crippen LogP contribution in [-0.4, -0.2) is 34.5 Å². The van der Waals surface area contributed by atoms with Crippen molar-refractivity contribution in [2.45, 2.75) is 6.43 Å². The molecule has 9 nitrogen and oxygen atoms in total. The Labute approximate surface area is 112 Å². The predicted octanol–water partition coefficient (Wildman–Crippen LogP) is 1.43. The molecule has 104 valence electrons. The summed E-state index contributed by atoms with van der Waals surface area (Å²) in [6.45, 7) is 0. The van der Waals surface area contributed by atoms with E-state index in [1.807, 2.05) is 0 Å². The summed E-state index contributed by atoms with van der Waals surface area (Å²) >= 11 is 0.898. The quantitative estimate of drug-likeness (QED) is 0.535. The molecule has 0 aliphatic heterocycles. The number of nitro groups is 1. The molecule has 3 heterocycles. The van der Waals surface area contributed by atoms with Crippen molar-refractivity contribution >= 4 is 22.0 Å². The van der Waals surface area contributed by atoms with E-state index in [0.717, 1.165) is 15.9 Å². The van der Waals surface area contributed by atoms with Crippen molar-refractivity contribution in [2.24, 2.45) is 7.05 Å². The van der Waals surface area contributed by atoms with E-state index < -0.39 is 17.2 Å². The number of hydrogen-bond acceptors (Lipinski definition) is 7. The molecule has 0 unspecified atom stereocenters. The molecule has 3 aromatic heterocycles. The SMILES string of the molecule is Cn1cc([N+](=O)[O-])c(-c2nn3c(C(F)F)nnc3s2)n1. The van der Waals surface area contributed by atoms with E-state index in [0.29, 0.717) is 0 Å². The molecule has 12 heteroatoms. The van der Waals surface area contributed by atoms with Gasteiger partial charge in [-0.25, -0.2) is 8.78 Å². The summed E-state index contributed by atoms with van der Waals surface area (Å²) in [7, 11) is 1.52. The monoisotopic (exact) mass is 301 g/mol. The Kier molecular flexibility index (Phi) is 2.67. The van der Waals surface area contributed by atoms with E-state index in [1.165, 1.54) is 17.9 Å². The van der Waals surface area contributed by atoms with Gasteiger partial charge in [0.15, 0.2) is 5.01 Å². The maximum absolute atomic E-state index is 12.7. The van der Waals surface area contributed by atoms with E-state index >= 15 is 0 Å². The Morgan fingerprint density at radius 2 is 2.15 bits per heavy atom. The van der Waals surface area contributed by atoms with Gasteiger partial charge >= 0.3 is 5.69 Å². The molecule has 0 atom stereocenters. The van der Waals surface area contributed by atoms with Gasteiger partial charge in [0.05, 0.1) is 4.92 Å². The van der Waals surface area contributed by atoms with Gasteiger partial charge in [0.1, 0.15) is 6.20 Å². The summed E-state index contributed by atoms with van der Waals surface area (Å²) < 4.78 is 27.5. The summed E-state index contributed by atoms with van der Waals surface area (Å²) in [5, 5.41) is 25.7. The Morgan fingerprint density at radius 3 is 2.80 bits per heavy atom. The number of rotatable bonds is 3. The van der Waals surface area contributed by atoms with Crippen molar-refractivity contribution < 1.29 is 13.7 Å². The fourth-order valence-electron chi connectivity index (χ4n) is 1.63. The summed E-state index contributed by atoms with van der Waals surface area (Å²) in [5.74, 6) is -0.610. The van der Waals surface area contributed by atoms with Crippen molar-refractivity contribution in [3.05, 3.63) is 22.1 Å². The average Bonchev–Trinajstić information content (AvgIpc) is 2.99. The van der Waals surface area contributed by atoms with Gasteiger partial charge in [-0.15, -0.1) is 10.2 Å². The van der Waals surface area contributed by atoms with Crippen LogP contribution in [0.4, 0.5) is 14.5 Å². The van der Waals surface area contributed by atoms with Crippen LogP contribution in [0.1, 0.15) is 12.2 Å². The fraction of sp³-hybridized carbons (Fsp3) is 0.250. The molecule has 0 aliphatic carbocycles. The molecule has 0 aliphatic rings. The molecule has 0 spiro atoms. The van der Waals surface area contributed by atoms with E-state index in [1.54, 1.807) is 0 Å². The predicted molar refractivity (Wildman–Crippen MR) is 62.5 cm³/mol. The van der Waals surface area contributed by atoms with E-state index in [-0.39, 0.29) is 21.3 Å². The lowest BCUT2D eigenvalue weighted by Crippen LogP contribution is -1.97. The highest BCUT2D eigenvalue weighted by Crippen LogP contribution is 2.32. The number of fused-ring (bicyclic) bond motifs is 1. The van der Waals surface area contributed by atoms with Gasteiger partial charge in [0.25, 0.3) is 6.43 Å². The first-order chi connectivity index (χ1) is 9.47. The zero-order valence-electron chi connectivity index (χ0n) is 9.77. The van der Waals surface area contributed by atoms with Gasteiger partial charge in [0.2, 0.25) is 16.5 Å². The van der Waals surface area contributed by atoms with Crippen molar-refractivity contribution in [3.63, 3.8) is 0 Å². The Hall–Kier alpha value is -2.50. The number of aromatic nitrogens is 6. The summed E-state index contributed by atoms with van der Waals surface area (Å²) in [6, 6.07) is 0. The number of hydrogen-bond donors (Lipinski definition) is 0. The Bertz CT molecular complexity index is 807. The van der Waals surface area contributed by atoms with Crippen LogP contribution < -0.4 is 0 Å². The first kappa shape index (κ1) is 12.5. The van der Waals surface area contributed by atoms with Crippen LogP contribution in [0.15, 0.2) is 6.20 Å². The van der Waals surface area contributed by atoms with E-state index in [9.17, 15) is 18.9 Å². The normalized spacial score (nSPS) is 11.6. The summed E-state index contributed by atoms with van der Waals surface area (Å²) in [5.41, 5.74) is -0.246. The van der Waals surface area contributed by atoms with Crippen molar-refractivity contribution in [1.82, 2.24) is 29.6 Å². The largest absolute Gasteiger partial charge is 0.317 e. The zero-order valence-corrected chi connectivity index (χ0v) is 10.6. The van der Waals surface area contributed by atoms with Crippen LogP contribution in [0.5, 0.6) is 0 Å². The van der Waals surface area contributed by atoms with Crippen LogP contribution in [0.25, 0.3) is 15.7 Å². The highest BCUT2D eigenvalue weighted by Gasteiger charge is 2.26. The van der Waals surface area contributed by atoms with Crippen molar-refractivity contribution in [1.29, 1.82) is 0 Å². The van der Waals surface area contributed by atoms with Crippen LogP contribution in [0.3, 0.4) is 0 Å². The van der Waals surface area contributed by atoms with E-state index in [4.69, 9.17) is 0 Å². The number of halogens is 2. The van der Waals surface area contributed by atoms with Crippen LogP contribution >= 0.6 is 11.3 Å². The number of nitrogens with zero attached hydrogens (tertiary/aromatic N) is 7. The van der Waals surface area contributed by atoms with Crippen molar-refractivity contribution in [2.75, 3.05) is 0 Å². The molecule has 0 bridgehead atoms. The van der Waals surface area contributed by atoms with Crippen LogP contribution in [0.2, 0.25) is 0 Å². The molecule has 20 heavy (non-hydrogen) atoms. The lowest BCUT2D eigenvalue weighted by Gasteiger charge is -1.92. The molecule has 0 radical (unpaired) electrons. The average molecular weight is 301 g/mol. The third kappa shape index (κ3) is 1.80. The molecule has 3 rings (SSSR count). The lowest BCUT2D eigenvalue weighted by atomic mass is 10.4. The molecule has 0 saturated heterocycles. The molecule has 0 fully saturated rings. The van der Waals surface area contributed by atoms with Crippen molar-refractivity contribution in [3.8, 4) is 10.7 Å². The minimum Gasteiger partial charge on any atom is -0.268 e. The van der Waals surface area contributed by atoms with Gasteiger partial charge in [0, 0.05) is 7.05 Å². The second-order valence-electron chi connectivity index (χ2n) is 3.75. The molecule has 0 N–H and O–H groups in total. The second kappa shape index (κ2) is 4.26. The zero-order chi connectivity index (χ0) is 14.4. The third-order valence-electron chi connectivity index (χ3n) is 2.42. The molecule has 0 saturated carbocycles. The summed E-state index contributed by atoms with van der Waals surface area (Å²) in [6.07, 6.45) is -1.62. The fourth-order valence-corrected chi connectivity index (χ4v) is 2.47. The minimum absolute atomic E-state index is 0.00761. The van der Waals surface area contributed by atoms with Crippen LogP contribution in [0, 0.1) is 10.1 Å². The molecular formula is C8H5F2N7O2S. The van der Waals surface area contributed by atoms with E-state index in [2.05, 4.69) is 20.4 Å². The van der Waals surface area contributed by atoms with Gasteiger partial charge in [-0.2, -0.15) is 14.7 Å². The van der Waals surface area contributed by atoms with Crippen LogP contribution in [-0.2, 0) is 7.05 Å². The Morgan fingerprint density at radius 1 is 1.40 bits per heavy atom. The third-order valence-corrected chi connectivity index (χ3v) is 3.32. The molecule has 3 aromatic rings. The topological polar surface area (TPSA) is 104 Å². The van der Waals surface area contributed by atoms with Gasteiger partial charge in [-0.1, -0.05) is 11.3 Å². The first-order valence-corrected chi connectivity index (χ1v) is 5.97. The Balaban J connectivity index is 2.18. The minimum atomic E-state index is -2.83. The molecule has 0 amide bonds. The first-order valence-electron chi connectivity index (χ1n) is 5.16. The molecular weight excluding hydrogens is 296 g/mol. The number of aryl methyl sites for hydroxylation is 1. The standard InChI is InChI=1S/C8H5F2N7O2S/c1-15-2-3(17(18)19)4(13-15)7-14-16-6(5(9)10)11-12-8(16)20-7/h2,5H,1H3.